The second-order valence-electron chi connectivity index (χ2n) is 6.37. The third kappa shape index (κ3) is 6.75. The van der Waals surface area contributed by atoms with Gasteiger partial charge >= 0.3 is 0 Å². The van der Waals surface area contributed by atoms with Gasteiger partial charge < -0.3 is 9.47 Å². The van der Waals surface area contributed by atoms with E-state index >= 15 is 0 Å². The summed E-state index contributed by atoms with van der Waals surface area (Å²) >= 11 is 0. The van der Waals surface area contributed by atoms with Crippen molar-refractivity contribution in [1.29, 1.82) is 0 Å². The summed E-state index contributed by atoms with van der Waals surface area (Å²) in [6.07, 6.45) is 11.9. The molecule has 0 aromatic heterocycles. The van der Waals surface area contributed by atoms with E-state index in [0.29, 0.717) is 6.10 Å². The molecule has 1 heterocycles. The zero-order valence-electron chi connectivity index (χ0n) is 12.8. The first-order chi connectivity index (χ1) is 8.53. The van der Waals surface area contributed by atoms with Crippen molar-refractivity contribution in [3.63, 3.8) is 0 Å². The van der Waals surface area contributed by atoms with Crippen molar-refractivity contribution in [2.24, 2.45) is 0 Å². The van der Waals surface area contributed by atoms with Crippen molar-refractivity contribution < 1.29 is 9.47 Å². The van der Waals surface area contributed by atoms with Gasteiger partial charge in [-0.3, -0.25) is 0 Å². The first-order valence-electron chi connectivity index (χ1n) is 7.87. The molecule has 0 spiro atoms. The van der Waals surface area contributed by atoms with Crippen LogP contribution in [0, 0.1) is 0 Å². The van der Waals surface area contributed by atoms with Crippen molar-refractivity contribution in [3.8, 4) is 0 Å². The maximum absolute atomic E-state index is 5.97. The van der Waals surface area contributed by atoms with E-state index in [0.717, 1.165) is 12.8 Å². The fourth-order valence-corrected chi connectivity index (χ4v) is 2.83. The number of ether oxygens (including phenoxy) is 2. The molecular formula is C16H32O2. The molecule has 1 aliphatic rings. The minimum absolute atomic E-state index is 0.0105. The van der Waals surface area contributed by atoms with Gasteiger partial charge in [0.15, 0.2) is 6.29 Å². The van der Waals surface area contributed by atoms with Crippen LogP contribution in [0.3, 0.4) is 0 Å². The van der Waals surface area contributed by atoms with E-state index in [1.807, 2.05) is 0 Å². The van der Waals surface area contributed by atoms with Crippen molar-refractivity contribution in [3.05, 3.63) is 0 Å². The fraction of sp³-hybridized carbons (Fsp3) is 1.00. The highest BCUT2D eigenvalue weighted by molar-refractivity contribution is 4.77. The number of unbranched alkanes of at least 4 members (excludes halogenated alkanes) is 6. The van der Waals surface area contributed by atoms with Gasteiger partial charge in [-0.2, -0.15) is 0 Å². The molecular weight excluding hydrogens is 224 g/mol. The maximum atomic E-state index is 5.97. The molecule has 0 N–H and O–H groups in total. The van der Waals surface area contributed by atoms with E-state index in [2.05, 4.69) is 27.7 Å². The maximum Gasteiger partial charge on any atom is 0.158 e. The molecule has 0 bridgehead atoms. The Kier molecular flexibility index (Phi) is 7.25. The molecule has 0 aromatic carbocycles. The van der Waals surface area contributed by atoms with Crippen LogP contribution < -0.4 is 0 Å². The molecule has 2 heteroatoms. The predicted octanol–water partition coefficient (Wildman–Crippen LogP) is 5.06. The lowest BCUT2D eigenvalue weighted by Gasteiger charge is -2.39. The lowest BCUT2D eigenvalue weighted by molar-refractivity contribution is -0.270. The summed E-state index contributed by atoms with van der Waals surface area (Å²) in [5, 5.41) is 0. The first-order valence-corrected chi connectivity index (χ1v) is 7.87. The monoisotopic (exact) mass is 256 g/mol. The SMILES string of the molecule is CCCCCCCCCC1OC(C)CC(C)(C)O1. The molecule has 1 fully saturated rings. The summed E-state index contributed by atoms with van der Waals surface area (Å²) in [6, 6.07) is 0. The van der Waals surface area contributed by atoms with Crippen molar-refractivity contribution >= 4 is 0 Å². The highest BCUT2D eigenvalue weighted by Gasteiger charge is 2.32. The Morgan fingerprint density at radius 1 is 1.00 bits per heavy atom. The Morgan fingerprint density at radius 3 is 2.22 bits per heavy atom. The van der Waals surface area contributed by atoms with Crippen LogP contribution in [0.15, 0.2) is 0 Å². The highest BCUT2D eigenvalue weighted by atomic mass is 16.7. The predicted molar refractivity (Wildman–Crippen MR) is 76.7 cm³/mol. The van der Waals surface area contributed by atoms with E-state index in [9.17, 15) is 0 Å². The Balaban J connectivity index is 2.04. The van der Waals surface area contributed by atoms with Crippen LogP contribution in [0.5, 0.6) is 0 Å². The van der Waals surface area contributed by atoms with E-state index < -0.39 is 0 Å². The molecule has 18 heavy (non-hydrogen) atoms. The van der Waals surface area contributed by atoms with Gasteiger partial charge in [-0.15, -0.1) is 0 Å². The molecule has 0 aliphatic carbocycles. The summed E-state index contributed by atoms with van der Waals surface area (Å²) in [7, 11) is 0. The second kappa shape index (κ2) is 8.16. The Hall–Kier alpha value is -0.0800. The molecule has 0 radical (unpaired) electrons. The van der Waals surface area contributed by atoms with Gasteiger partial charge in [-0.05, 0) is 33.6 Å². The van der Waals surface area contributed by atoms with Gasteiger partial charge in [0.1, 0.15) is 0 Å². The third-order valence-corrected chi connectivity index (χ3v) is 3.66. The lowest BCUT2D eigenvalue weighted by Crippen LogP contribution is -2.42. The minimum atomic E-state index is -0.0105. The van der Waals surface area contributed by atoms with E-state index in [-0.39, 0.29) is 11.9 Å². The van der Waals surface area contributed by atoms with Crippen LogP contribution in [0.4, 0.5) is 0 Å². The Labute approximate surface area is 113 Å². The number of hydrogen-bond donors (Lipinski definition) is 0. The summed E-state index contributed by atoms with van der Waals surface area (Å²) in [5.74, 6) is 0. The van der Waals surface area contributed by atoms with Crippen molar-refractivity contribution in [2.45, 2.75) is 103 Å². The summed E-state index contributed by atoms with van der Waals surface area (Å²) in [4.78, 5) is 0. The van der Waals surface area contributed by atoms with Gasteiger partial charge in [-0.1, -0.05) is 45.4 Å². The largest absolute Gasteiger partial charge is 0.350 e. The summed E-state index contributed by atoms with van der Waals surface area (Å²) in [5.41, 5.74) is -0.0105. The standard InChI is InChI=1S/C16H32O2/c1-5-6-7-8-9-10-11-12-15-17-14(2)13-16(3,4)18-15/h14-15H,5-13H2,1-4H3. The van der Waals surface area contributed by atoms with Crippen LogP contribution in [0.25, 0.3) is 0 Å². The van der Waals surface area contributed by atoms with Crippen LogP contribution in [-0.4, -0.2) is 18.0 Å². The van der Waals surface area contributed by atoms with Crippen molar-refractivity contribution in [1.82, 2.24) is 0 Å². The average Bonchev–Trinajstić information content (AvgIpc) is 2.25. The number of hydrogen-bond acceptors (Lipinski definition) is 2. The Bertz CT molecular complexity index is 213. The molecule has 0 saturated carbocycles. The highest BCUT2D eigenvalue weighted by Crippen LogP contribution is 2.29. The first kappa shape index (κ1) is 16.0. The average molecular weight is 256 g/mol. The van der Waals surface area contributed by atoms with Crippen LogP contribution >= 0.6 is 0 Å². The zero-order valence-corrected chi connectivity index (χ0v) is 12.8. The van der Waals surface area contributed by atoms with Gasteiger partial charge in [0.2, 0.25) is 0 Å². The molecule has 1 aliphatic heterocycles. The quantitative estimate of drug-likeness (QED) is 0.565. The Morgan fingerprint density at radius 2 is 1.61 bits per heavy atom. The van der Waals surface area contributed by atoms with Gasteiger partial charge in [0.05, 0.1) is 11.7 Å². The summed E-state index contributed by atoms with van der Waals surface area (Å²) in [6.45, 7) is 8.76. The molecule has 0 amide bonds. The molecule has 2 unspecified atom stereocenters. The van der Waals surface area contributed by atoms with Gasteiger partial charge in [0, 0.05) is 6.42 Å². The van der Waals surface area contributed by atoms with Crippen molar-refractivity contribution in [2.75, 3.05) is 0 Å². The zero-order chi connectivity index (χ0) is 13.4. The third-order valence-electron chi connectivity index (χ3n) is 3.66. The smallest absolute Gasteiger partial charge is 0.158 e. The van der Waals surface area contributed by atoms with E-state index in [1.165, 1.54) is 44.9 Å². The topological polar surface area (TPSA) is 18.5 Å². The normalized spacial score (nSPS) is 27.3. The fourth-order valence-electron chi connectivity index (χ4n) is 2.83. The second-order valence-corrected chi connectivity index (χ2v) is 6.37. The molecule has 2 atom stereocenters. The van der Waals surface area contributed by atoms with E-state index in [4.69, 9.17) is 9.47 Å². The minimum Gasteiger partial charge on any atom is -0.350 e. The molecule has 1 rings (SSSR count). The lowest BCUT2D eigenvalue weighted by atomic mass is 9.99. The molecule has 108 valence electrons. The van der Waals surface area contributed by atoms with Gasteiger partial charge in [0.25, 0.3) is 0 Å². The van der Waals surface area contributed by atoms with Crippen LogP contribution in [0.2, 0.25) is 0 Å². The van der Waals surface area contributed by atoms with Gasteiger partial charge in [-0.25, -0.2) is 0 Å². The number of rotatable bonds is 8. The van der Waals surface area contributed by atoms with E-state index in [1.54, 1.807) is 0 Å². The molecule has 0 aromatic rings. The molecule has 2 nitrogen and oxygen atoms in total. The van der Waals surface area contributed by atoms with Crippen LogP contribution in [0.1, 0.15) is 85.5 Å². The molecule has 1 saturated heterocycles. The van der Waals surface area contributed by atoms with Crippen LogP contribution in [-0.2, 0) is 9.47 Å². The summed E-state index contributed by atoms with van der Waals surface area (Å²) < 4.78 is 11.8.